The van der Waals surface area contributed by atoms with Gasteiger partial charge in [-0.2, -0.15) is 0 Å². The molecule has 0 saturated heterocycles. The maximum atomic E-state index is 15.1. The molecule has 10 heteroatoms. The first-order chi connectivity index (χ1) is 18.6. The lowest BCUT2D eigenvalue weighted by molar-refractivity contribution is 0.0731. The third-order valence-electron chi connectivity index (χ3n) is 6.56. The highest BCUT2D eigenvalue weighted by Gasteiger charge is 2.27. The number of amides is 1. The summed E-state index contributed by atoms with van der Waals surface area (Å²) < 4.78 is 59.3. The highest BCUT2D eigenvalue weighted by Crippen LogP contribution is 2.34. The van der Waals surface area contributed by atoms with E-state index in [2.05, 4.69) is 9.97 Å². The van der Waals surface area contributed by atoms with E-state index in [1.807, 2.05) is 39.0 Å². The number of carbonyl (C=O) groups is 1. The van der Waals surface area contributed by atoms with Gasteiger partial charge >= 0.3 is 0 Å². The number of rotatable bonds is 4. The van der Waals surface area contributed by atoms with Crippen LogP contribution in [0.15, 0.2) is 47.4 Å². The summed E-state index contributed by atoms with van der Waals surface area (Å²) in [5.41, 5.74) is 3.51. The minimum atomic E-state index is -3.79. The number of hydrogen-bond donors (Lipinski definition) is 1. The van der Waals surface area contributed by atoms with Crippen LogP contribution in [0, 0.1) is 18.6 Å². The van der Waals surface area contributed by atoms with Crippen molar-refractivity contribution in [2.75, 3.05) is 19.4 Å². The van der Waals surface area contributed by atoms with Crippen LogP contribution in [0.5, 0.6) is 5.75 Å². The fourth-order valence-corrected chi connectivity index (χ4v) is 5.36. The molecule has 208 valence electrons. The van der Waals surface area contributed by atoms with E-state index in [9.17, 15) is 17.6 Å². The number of ether oxygens (including phenoxy) is 1. The molecule has 0 spiro atoms. The predicted octanol–water partition coefficient (Wildman–Crippen LogP) is 6.09. The fourth-order valence-electron chi connectivity index (χ4n) is 4.57. The van der Waals surface area contributed by atoms with Gasteiger partial charge in [-0.1, -0.05) is 26.8 Å². The number of imidazole rings is 1. The highest BCUT2D eigenvalue weighted by atomic mass is 32.2. The molecule has 5 rings (SSSR count). The number of fused-ring (bicyclic) bond motifs is 2. The molecule has 1 aliphatic heterocycles. The molecule has 0 fully saturated rings. The van der Waals surface area contributed by atoms with Crippen LogP contribution in [0.2, 0.25) is 0 Å². The molecule has 0 unspecified atom stereocenters. The van der Waals surface area contributed by atoms with Crippen LogP contribution in [0.25, 0.3) is 22.2 Å². The first-order valence-electron chi connectivity index (χ1n) is 12.8. The van der Waals surface area contributed by atoms with E-state index in [4.69, 9.17) is 4.74 Å². The molecule has 1 N–H and O–H groups in total. The zero-order valence-corrected chi connectivity index (χ0v) is 23.4. The number of aromatic amines is 1. The minimum Gasteiger partial charge on any atom is -0.488 e. The van der Waals surface area contributed by atoms with E-state index in [0.717, 1.165) is 41.2 Å². The lowest BCUT2D eigenvalue weighted by Gasteiger charge is -2.21. The summed E-state index contributed by atoms with van der Waals surface area (Å²) in [5.74, 6) is -1.05. The van der Waals surface area contributed by atoms with Crippen LogP contribution < -0.4 is 4.74 Å². The molecule has 0 bridgehead atoms. The number of hydrogen-bond acceptors (Lipinski definition) is 5. The summed E-state index contributed by atoms with van der Waals surface area (Å²) in [6.45, 7) is 7.62. The van der Waals surface area contributed by atoms with Gasteiger partial charge in [-0.3, -0.25) is 4.79 Å². The average molecular weight is 558 g/mol. The molecule has 4 aromatic rings. The Bertz CT molecular complexity index is 1670. The van der Waals surface area contributed by atoms with Crippen LogP contribution in [0.4, 0.5) is 8.78 Å². The molecule has 0 atom stereocenters. The normalized spacial score (nSPS) is 13.3. The molecule has 3 aromatic carbocycles. The zero-order valence-electron chi connectivity index (χ0n) is 22.6. The van der Waals surface area contributed by atoms with Gasteiger partial charge in [0.15, 0.2) is 21.4 Å². The van der Waals surface area contributed by atoms with E-state index >= 15 is 4.39 Å². The van der Waals surface area contributed by atoms with Gasteiger partial charge in [-0.15, -0.1) is 0 Å². The number of sulfone groups is 1. The van der Waals surface area contributed by atoms with Crippen molar-refractivity contribution in [1.29, 1.82) is 0 Å². The fraction of sp³-hybridized carbons (Fsp3) is 0.310. The Hall–Kier alpha value is -3.79. The smallest absolute Gasteiger partial charge is 0.254 e. The van der Waals surface area contributed by atoms with Gasteiger partial charge in [0.05, 0.1) is 17.6 Å². The Kier molecular flexibility index (Phi) is 8.06. The monoisotopic (exact) mass is 557 g/mol. The van der Waals surface area contributed by atoms with Gasteiger partial charge < -0.3 is 14.6 Å². The quantitative estimate of drug-likeness (QED) is 0.328. The summed E-state index contributed by atoms with van der Waals surface area (Å²) in [6.07, 6.45) is 1.67. The Morgan fingerprint density at radius 3 is 2.56 bits per heavy atom. The number of H-pyrrole nitrogens is 1. The van der Waals surface area contributed by atoms with Crippen LogP contribution in [0.3, 0.4) is 0 Å². The molecule has 0 radical (unpaired) electrons. The lowest BCUT2D eigenvalue weighted by Crippen LogP contribution is -2.33. The molecule has 39 heavy (non-hydrogen) atoms. The zero-order chi connectivity index (χ0) is 28.5. The standard InChI is InChI=1S/C27H25F2N3O4S.C2H6.H2/c1-4-24-30-21-7-5-16(13-22(21)31-24)17-11-18-14-32(9-10-36-26(18)20(28)12-17)27(33)19-6-8-23(37(3,34)35)25(29)15(19)2;1-2;/h5-8,11-13H,4,9-10,14H2,1-3H3,(H,30,31);1-2H3;1H. The van der Waals surface area contributed by atoms with Crippen molar-refractivity contribution in [3.8, 4) is 16.9 Å². The van der Waals surface area contributed by atoms with E-state index in [1.54, 1.807) is 6.07 Å². The second-order valence-electron chi connectivity index (χ2n) is 9.11. The summed E-state index contributed by atoms with van der Waals surface area (Å²) in [6, 6.07) is 11.2. The van der Waals surface area contributed by atoms with Crippen molar-refractivity contribution in [3.05, 3.63) is 76.6 Å². The average Bonchev–Trinajstić information content (AvgIpc) is 3.20. The third-order valence-corrected chi connectivity index (χ3v) is 7.67. The number of nitrogens with one attached hydrogen (secondary N) is 1. The van der Waals surface area contributed by atoms with Crippen molar-refractivity contribution in [3.63, 3.8) is 0 Å². The SMILES string of the molecule is CC.CCc1nc2ccc(-c3cc(F)c4c(c3)CN(C(=O)c3ccc(S(C)(=O)=O)c(F)c3C)CCO4)cc2[nH]1.[HH]. The van der Waals surface area contributed by atoms with Crippen LogP contribution in [-0.4, -0.2) is 48.6 Å². The molecule has 2 heterocycles. The van der Waals surface area contributed by atoms with Gasteiger partial charge in [0.2, 0.25) is 0 Å². The molecular formula is C29H33F2N3O4S. The Morgan fingerprint density at radius 2 is 1.87 bits per heavy atom. The summed E-state index contributed by atoms with van der Waals surface area (Å²) in [7, 11) is -3.79. The summed E-state index contributed by atoms with van der Waals surface area (Å²) in [4.78, 5) is 22.1. The Labute approximate surface area is 228 Å². The van der Waals surface area contributed by atoms with E-state index < -0.39 is 32.3 Å². The lowest BCUT2D eigenvalue weighted by atomic mass is 10.0. The molecule has 1 aromatic heterocycles. The molecule has 0 aliphatic carbocycles. The molecule has 0 saturated carbocycles. The number of aromatic nitrogens is 2. The van der Waals surface area contributed by atoms with Gasteiger partial charge in [0.25, 0.3) is 5.91 Å². The maximum absolute atomic E-state index is 15.1. The molecule has 1 aliphatic rings. The Morgan fingerprint density at radius 1 is 1.13 bits per heavy atom. The van der Waals surface area contributed by atoms with E-state index in [0.29, 0.717) is 11.1 Å². The topological polar surface area (TPSA) is 92.4 Å². The van der Waals surface area contributed by atoms with Gasteiger partial charge in [-0.05, 0) is 60.0 Å². The number of halogens is 2. The second kappa shape index (κ2) is 11.1. The largest absolute Gasteiger partial charge is 0.488 e. The first kappa shape index (κ1) is 28.2. The third kappa shape index (κ3) is 5.52. The van der Waals surface area contributed by atoms with Crippen molar-refractivity contribution in [2.24, 2.45) is 0 Å². The molecule has 7 nitrogen and oxygen atoms in total. The van der Waals surface area contributed by atoms with E-state index in [1.165, 1.54) is 24.0 Å². The van der Waals surface area contributed by atoms with Gasteiger partial charge in [-0.25, -0.2) is 22.2 Å². The van der Waals surface area contributed by atoms with Crippen molar-refractivity contribution >= 4 is 26.8 Å². The number of carbonyl (C=O) groups excluding carboxylic acids is 1. The maximum Gasteiger partial charge on any atom is 0.254 e. The second-order valence-corrected chi connectivity index (χ2v) is 11.1. The molecule has 1 amide bonds. The molecular weight excluding hydrogens is 524 g/mol. The highest BCUT2D eigenvalue weighted by molar-refractivity contribution is 7.90. The van der Waals surface area contributed by atoms with E-state index in [-0.39, 0.29) is 38.0 Å². The van der Waals surface area contributed by atoms with Crippen LogP contribution >= 0.6 is 0 Å². The number of benzene rings is 3. The minimum absolute atomic E-state index is 0. The van der Waals surface area contributed by atoms with Gasteiger partial charge in [0.1, 0.15) is 23.1 Å². The van der Waals surface area contributed by atoms with Crippen LogP contribution in [-0.2, 0) is 22.8 Å². The number of aryl methyl sites for hydroxylation is 1. The summed E-state index contributed by atoms with van der Waals surface area (Å²) >= 11 is 0. The van der Waals surface area contributed by atoms with Crippen LogP contribution in [0.1, 0.15) is 49.5 Å². The Balaban J connectivity index is 0.00000144. The van der Waals surface area contributed by atoms with Crippen molar-refractivity contribution in [1.82, 2.24) is 14.9 Å². The van der Waals surface area contributed by atoms with Crippen molar-refractivity contribution < 1.29 is 28.2 Å². The number of nitrogens with zero attached hydrogens (tertiary/aromatic N) is 2. The van der Waals surface area contributed by atoms with Crippen molar-refractivity contribution in [2.45, 2.75) is 45.6 Å². The summed E-state index contributed by atoms with van der Waals surface area (Å²) in [5, 5.41) is 0. The van der Waals surface area contributed by atoms with Gasteiger partial charge in [0, 0.05) is 31.8 Å². The predicted molar refractivity (Wildman–Crippen MR) is 149 cm³/mol. The first-order valence-corrected chi connectivity index (χ1v) is 14.7.